The fourth-order valence-corrected chi connectivity index (χ4v) is 4.20. The first kappa shape index (κ1) is 16.9. The van der Waals surface area contributed by atoms with Gasteiger partial charge in [-0.25, -0.2) is 9.99 Å². The highest BCUT2D eigenvalue weighted by atomic mass is 35.5. The number of pyridine rings is 1. The summed E-state index contributed by atoms with van der Waals surface area (Å²) in [5.74, 6) is 1.76. The Morgan fingerprint density at radius 3 is 2.76 bits per heavy atom. The number of hydrogen-bond donors (Lipinski definition) is 0. The van der Waals surface area contributed by atoms with Crippen molar-refractivity contribution in [1.29, 1.82) is 0 Å². The average molecular weight is 410 g/mol. The van der Waals surface area contributed by atoms with E-state index in [0.717, 1.165) is 29.5 Å². The van der Waals surface area contributed by atoms with Crippen LogP contribution >= 0.6 is 11.6 Å². The minimum atomic E-state index is -0.321. The predicted molar refractivity (Wildman–Crippen MR) is 105 cm³/mol. The number of furan rings is 1. The monoisotopic (exact) mass is 409 g/mol. The summed E-state index contributed by atoms with van der Waals surface area (Å²) in [7, 11) is 0. The smallest absolute Gasteiger partial charge is 0.310 e. The molecule has 0 N–H and O–H groups in total. The molecular formula is C21H16ClN3O4. The highest BCUT2D eigenvalue weighted by Crippen LogP contribution is 2.44. The fourth-order valence-electron chi connectivity index (χ4n) is 3.93. The summed E-state index contributed by atoms with van der Waals surface area (Å²) >= 11 is 6.58. The number of hydrazone groups is 1. The summed E-state index contributed by atoms with van der Waals surface area (Å²) in [6.45, 7) is 0.193. The zero-order valence-electron chi connectivity index (χ0n) is 15.3. The van der Waals surface area contributed by atoms with Crippen molar-refractivity contribution >= 4 is 34.1 Å². The van der Waals surface area contributed by atoms with Gasteiger partial charge < -0.3 is 13.9 Å². The molecule has 1 atom stereocenters. The summed E-state index contributed by atoms with van der Waals surface area (Å²) < 4.78 is 16.2. The van der Waals surface area contributed by atoms with Gasteiger partial charge in [0.2, 0.25) is 6.79 Å². The van der Waals surface area contributed by atoms with Crippen molar-refractivity contribution in [3.05, 3.63) is 53.1 Å². The van der Waals surface area contributed by atoms with Gasteiger partial charge in [0.1, 0.15) is 5.15 Å². The van der Waals surface area contributed by atoms with Crippen LogP contribution in [0, 0.1) is 5.92 Å². The van der Waals surface area contributed by atoms with Crippen molar-refractivity contribution in [3.8, 4) is 11.5 Å². The molecule has 1 saturated carbocycles. The van der Waals surface area contributed by atoms with Crippen molar-refractivity contribution in [2.75, 3.05) is 6.79 Å². The Balaban J connectivity index is 1.43. The summed E-state index contributed by atoms with van der Waals surface area (Å²) in [6, 6.07) is 8.69. The number of halogens is 1. The normalized spacial score (nSPS) is 20.4. The number of ether oxygens (including phenoxy) is 2. The Bertz CT molecular complexity index is 1170. The molecule has 1 amide bonds. The van der Waals surface area contributed by atoms with Crippen molar-refractivity contribution < 1.29 is 18.7 Å². The third kappa shape index (κ3) is 2.76. The van der Waals surface area contributed by atoms with Gasteiger partial charge in [0.15, 0.2) is 17.3 Å². The zero-order valence-corrected chi connectivity index (χ0v) is 16.1. The first-order valence-corrected chi connectivity index (χ1v) is 9.89. The molecule has 1 aromatic carbocycles. The Morgan fingerprint density at radius 2 is 2.00 bits per heavy atom. The molecule has 0 radical (unpaired) electrons. The molecule has 1 aliphatic carbocycles. The number of amides is 1. The number of carbonyl (C=O) groups is 1. The molecule has 3 aliphatic rings. The quantitative estimate of drug-likeness (QED) is 0.592. The maximum Gasteiger partial charge on any atom is 0.310 e. The SMILES string of the molecule is O=C(c1ccco1)N1N=C(C2CC2)CC1c1cc2cc3c(cc2nc1Cl)OCO3. The zero-order chi connectivity index (χ0) is 19.5. The molecule has 0 spiro atoms. The Morgan fingerprint density at radius 1 is 1.17 bits per heavy atom. The topological polar surface area (TPSA) is 77.2 Å². The lowest BCUT2D eigenvalue weighted by atomic mass is 9.99. The van der Waals surface area contributed by atoms with Crippen LogP contribution in [-0.2, 0) is 0 Å². The summed E-state index contributed by atoms with van der Waals surface area (Å²) in [6.07, 6.45) is 4.36. The van der Waals surface area contributed by atoms with Gasteiger partial charge >= 0.3 is 5.91 Å². The molecule has 8 heteroatoms. The lowest BCUT2D eigenvalue weighted by Crippen LogP contribution is -2.27. The lowest BCUT2D eigenvalue weighted by Gasteiger charge is -2.22. The molecule has 146 valence electrons. The molecule has 4 heterocycles. The Kier molecular flexibility index (Phi) is 3.61. The van der Waals surface area contributed by atoms with E-state index in [1.165, 1.54) is 11.3 Å². The van der Waals surface area contributed by atoms with E-state index >= 15 is 0 Å². The molecule has 3 aromatic rings. The minimum Gasteiger partial charge on any atom is -0.459 e. The second-order valence-corrected chi connectivity index (χ2v) is 7.84. The van der Waals surface area contributed by atoms with Crippen molar-refractivity contribution in [1.82, 2.24) is 9.99 Å². The molecule has 0 bridgehead atoms. The number of rotatable bonds is 3. The Hall–Kier alpha value is -3.06. The molecule has 1 fully saturated rings. The predicted octanol–water partition coefficient (Wildman–Crippen LogP) is 4.56. The van der Waals surface area contributed by atoms with Gasteiger partial charge in [-0.2, -0.15) is 5.10 Å². The molecule has 1 unspecified atom stereocenters. The first-order valence-electron chi connectivity index (χ1n) is 9.51. The molecule has 0 saturated heterocycles. The molecule has 7 nitrogen and oxygen atoms in total. The number of fused-ring (bicyclic) bond motifs is 2. The van der Waals surface area contributed by atoms with E-state index in [2.05, 4.69) is 10.1 Å². The van der Waals surface area contributed by atoms with Crippen LogP contribution in [-0.4, -0.2) is 28.4 Å². The number of benzene rings is 1. The summed E-state index contributed by atoms with van der Waals surface area (Å²) in [5, 5.41) is 7.37. The van der Waals surface area contributed by atoms with Gasteiger partial charge in [-0.1, -0.05) is 11.6 Å². The van der Waals surface area contributed by atoms with Crippen molar-refractivity contribution in [3.63, 3.8) is 0 Å². The van der Waals surface area contributed by atoms with Crippen LogP contribution in [0.2, 0.25) is 5.15 Å². The molecular weight excluding hydrogens is 394 g/mol. The fraction of sp³-hybridized carbons (Fsp3) is 0.286. The van der Waals surface area contributed by atoms with Gasteiger partial charge in [0, 0.05) is 29.1 Å². The second kappa shape index (κ2) is 6.22. The maximum atomic E-state index is 13.0. The van der Waals surface area contributed by atoms with Crippen LogP contribution in [0.4, 0.5) is 0 Å². The third-order valence-electron chi connectivity index (χ3n) is 5.57. The van der Waals surface area contributed by atoms with Gasteiger partial charge in [0.25, 0.3) is 0 Å². The van der Waals surface area contributed by atoms with Crippen LogP contribution in [0.25, 0.3) is 10.9 Å². The number of carbonyl (C=O) groups excluding carboxylic acids is 1. The highest BCUT2D eigenvalue weighted by Gasteiger charge is 2.41. The third-order valence-corrected chi connectivity index (χ3v) is 5.87. The molecule has 2 aliphatic heterocycles. The van der Waals surface area contributed by atoms with E-state index in [4.69, 9.17) is 25.5 Å². The van der Waals surface area contributed by atoms with E-state index in [9.17, 15) is 4.79 Å². The van der Waals surface area contributed by atoms with Crippen LogP contribution < -0.4 is 9.47 Å². The lowest BCUT2D eigenvalue weighted by molar-refractivity contribution is 0.0678. The largest absolute Gasteiger partial charge is 0.459 e. The van der Waals surface area contributed by atoms with Crippen LogP contribution in [0.3, 0.4) is 0 Å². The van der Waals surface area contributed by atoms with E-state index in [0.29, 0.717) is 34.5 Å². The average Bonchev–Trinajstić information content (AvgIpc) is 3.13. The molecule has 6 rings (SSSR count). The van der Waals surface area contributed by atoms with Gasteiger partial charge in [-0.05, 0) is 43.0 Å². The number of hydrogen-bond acceptors (Lipinski definition) is 6. The minimum absolute atomic E-state index is 0.193. The van der Waals surface area contributed by atoms with Crippen LogP contribution in [0.5, 0.6) is 11.5 Å². The first-order chi connectivity index (χ1) is 14.2. The summed E-state index contributed by atoms with van der Waals surface area (Å²) in [4.78, 5) is 17.6. The van der Waals surface area contributed by atoms with Crippen LogP contribution in [0.1, 0.15) is 41.4 Å². The Labute approximate surface area is 170 Å². The van der Waals surface area contributed by atoms with Gasteiger partial charge in [0.05, 0.1) is 17.8 Å². The van der Waals surface area contributed by atoms with Gasteiger partial charge in [-0.3, -0.25) is 4.79 Å². The molecule has 2 aromatic heterocycles. The standard InChI is InChI=1S/C21H16ClN3O4/c22-20-13(6-12-7-18-19(29-10-28-18)9-14(12)23-20)16-8-15(11-3-4-11)24-25(16)21(26)17-2-1-5-27-17/h1-2,5-7,9,11,16H,3-4,8,10H2. The van der Waals surface area contributed by atoms with Crippen molar-refractivity contribution in [2.24, 2.45) is 11.0 Å². The van der Waals surface area contributed by atoms with E-state index in [-0.39, 0.29) is 24.5 Å². The number of nitrogens with zero attached hydrogens (tertiary/aromatic N) is 3. The number of aromatic nitrogens is 1. The maximum absolute atomic E-state index is 13.0. The summed E-state index contributed by atoms with van der Waals surface area (Å²) in [5.41, 5.74) is 2.52. The van der Waals surface area contributed by atoms with Crippen molar-refractivity contribution in [2.45, 2.75) is 25.3 Å². The van der Waals surface area contributed by atoms with E-state index in [1.807, 2.05) is 18.2 Å². The molecule has 29 heavy (non-hydrogen) atoms. The highest BCUT2D eigenvalue weighted by molar-refractivity contribution is 6.30. The van der Waals surface area contributed by atoms with E-state index in [1.54, 1.807) is 12.1 Å². The van der Waals surface area contributed by atoms with E-state index < -0.39 is 0 Å². The van der Waals surface area contributed by atoms with Gasteiger partial charge in [-0.15, -0.1) is 0 Å². The second-order valence-electron chi connectivity index (χ2n) is 7.48. The van der Waals surface area contributed by atoms with Crippen LogP contribution in [0.15, 0.2) is 46.1 Å².